The zero-order valence-corrected chi connectivity index (χ0v) is 16.3. The Kier molecular flexibility index (Phi) is 4.94. The number of ether oxygens (including phenoxy) is 1. The van der Waals surface area contributed by atoms with Crippen molar-refractivity contribution in [2.24, 2.45) is 0 Å². The lowest BCUT2D eigenvalue weighted by atomic mass is 9.98. The third-order valence-corrected chi connectivity index (χ3v) is 6.27. The molecule has 4 nitrogen and oxygen atoms in total. The molecule has 0 saturated carbocycles. The predicted octanol–water partition coefficient (Wildman–Crippen LogP) is 4.76. The molecule has 3 aromatic rings. The summed E-state index contributed by atoms with van der Waals surface area (Å²) in [6.45, 7) is 3.46. The van der Waals surface area contributed by atoms with E-state index in [1.165, 1.54) is 16.9 Å². The van der Waals surface area contributed by atoms with Crippen LogP contribution >= 0.6 is 11.3 Å². The van der Waals surface area contributed by atoms with Gasteiger partial charge >= 0.3 is 0 Å². The predicted molar refractivity (Wildman–Crippen MR) is 109 cm³/mol. The molecule has 0 spiro atoms. The third-order valence-electron chi connectivity index (χ3n) is 5.07. The molecule has 0 bridgehead atoms. The lowest BCUT2D eigenvalue weighted by Gasteiger charge is -2.16. The van der Waals surface area contributed by atoms with Gasteiger partial charge in [-0.3, -0.25) is 4.79 Å². The molecule has 0 aliphatic carbocycles. The molecule has 2 heterocycles. The van der Waals surface area contributed by atoms with E-state index < -0.39 is 0 Å². The van der Waals surface area contributed by atoms with Gasteiger partial charge < -0.3 is 9.64 Å². The fourth-order valence-corrected chi connectivity index (χ4v) is 4.58. The molecule has 0 radical (unpaired) electrons. The number of amides is 1. The van der Waals surface area contributed by atoms with Gasteiger partial charge in [-0.1, -0.05) is 42.5 Å². The van der Waals surface area contributed by atoms with Gasteiger partial charge in [-0.05, 0) is 31.0 Å². The molecule has 1 amide bonds. The molecule has 1 aromatic heterocycles. The van der Waals surface area contributed by atoms with Crippen LogP contribution in [0.15, 0.2) is 54.6 Å². The third kappa shape index (κ3) is 3.60. The van der Waals surface area contributed by atoms with Gasteiger partial charge in [0.15, 0.2) is 0 Å². The zero-order chi connectivity index (χ0) is 18.8. The quantitative estimate of drug-likeness (QED) is 0.657. The number of hydrogen-bond acceptors (Lipinski definition) is 4. The van der Waals surface area contributed by atoms with Gasteiger partial charge in [0.25, 0.3) is 5.91 Å². The number of rotatable bonds is 4. The van der Waals surface area contributed by atoms with Crippen LogP contribution in [-0.4, -0.2) is 36.0 Å². The highest BCUT2D eigenvalue weighted by atomic mass is 32.1. The molecule has 2 aromatic carbocycles. The first-order valence-electron chi connectivity index (χ1n) is 9.12. The maximum absolute atomic E-state index is 13.1. The van der Waals surface area contributed by atoms with E-state index in [4.69, 9.17) is 4.74 Å². The van der Waals surface area contributed by atoms with Crippen molar-refractivity contribution in [3.63, 3.8) is 0 Å². The second kappa shape index (κ2) is 7.53. The van der Waals surface area contributed by atoms with Gasteiger partial charge in [0, 0.05) is 24.6 Å². The molecular formula is C22H22N2O2S. The molecule has 1 atom stereocenters. The number of methoxy groups -OCH3 is 1. The highest BCUT2D eigenvalue weighted by Gasteiger charge is 2.30. The SMILES string of the molecule is COc1ccc(C2CCN(C(=O)c3sc(-c4ccccc4)nc3C)C2)cc1. The van der Waals surface area contributed by atoms with E-state index in [1.807, 2.05) is 54.3 Å². The van der Waals surface area contributed by atoms with Crippen LogP contribution in [0.5, 0.6) is 5.75 Å². The average molecular weight is 378 g/mol. The van der Waals surface area contributed by atoms with Crippen molar-refractivity contribution in [3.05, 3.63) is 70.7 Å². The van der Waals surface area contributed by atoms with Crippen molar-refractivity contribution in [1.29, 1.82) is 0 Å². The van der Waals surface area contributed by atoms with Gasteiger partial charge in [-0.2, -0.15) is 0 Å². The second-order valence-electron chi connectivity index (χ2n) is 6.81. The van der Waals surface area contributed by atoms with Crippen LogP contribution in [0.3, 0.4) is 0 Å². The molecule has 1 saturated heterocycles. The fourth-order valence-electron chi connectivity index (χ4n) is 3.54. The fraction of sp³-hybridized carbons (Fsp3) is 0.273. The molecule has 1 aliphatic rings. The summed E-state index contributed by atoms with van der Waals surface area (Å²) in [6, 6.07) is 18.2. The van der Waals surface area contributed by atoms with Gasteiger partial charge in [-0.15, -0.1) is 11.3 Å². The topological polar surface area (TPSA) is 42.4 Å². The first-order valence-corrected chi connectivity index (χ1v) is 9.93. The molecule has 0 N–H and O–H groups in total. The van der Waals surface area contributed by atoms with Gasteiger partial charge in [-0.25, -0.2) is 4.98 Å². The first kappa shape index (κ1) is 17.7. The van der Waals surface area contributed by atoms with Crippen molar-refractivity contribution >= 4 is 17.2 Å². The molecule has 4 rings (SSSR count). The van der Waals surface area contributed by atoms with Crippen molar-refractivity contribution in [3.8, 4) is 16.3 Å². The van der Waals surface area contributed by atoms with Gasteiger partial charge in [0.2, 0.25) is 0 Å². The lowest BCUT2D eigenvalue weighted by molar-refractivity contribution is 0.0794. The number of benzene rings is 2. The highest BCUT2D eigenvalue weighted by molar-refractivity contribution is 7.17. The molecule has 1 aliphatic heterocycles. The Morgan fingerprint density at radius 2 is 1.89 bits per heavy atom. The number of hydrogen-bond donors (Lipinski definition) is 0. The molecular weight excluding hydrogens is 356 g/mol. The van der Waals surface area contributed by atoms with E-state index >= 15 is 0 Å². The number of likely N-dealkylation sites (tertiary alicyclic amines) is 1. The standard InChI is InChI=1S/C22H22N2O2S/c1-15-20(27-21(23-15)17-6-4-3-5-7-17)22(25)24-13-12-18(14-24)16-8-10-19(26-2)11-9-16/h3-11,18H,12-14H2,1-2H3. The van der Waals surface area contributed by atoms with Crippen LogP contribution in [0, 0.1) is 6.92 Å². The zero-order valence-electron chi connectivity index (χ0n) is 15.5. The Morgan fingerprint density at radius 3 is 2.59 bits per heavy atom. The number of carbonyl (C=O) groups excluding carboxylic acids is 1. The molecule has 5 heteroatoms. The highest BCUT2D eigenvalue weighted by Crippen LogP contribution is 2.33. The van der Waals surface area contributed by atoms with Crippen molar-refractivity contribution in [2.75, 3.05) is 20.2 Å². The summed E-state index contributed by atoms with van der Waals surface area (Å²) in [5.74, 6) is 1.34. The summed E-state index contributed by atoms with van der Waals surface area (Å²) in [5.41, 5.74) is 3.14. The molecule has 27 heavy (non-hydrogen) atoms. The Hall–Kier alpha value is -2.66. The minimum atomic E-state index is 0.100. The van der Waals surface area contributed by atoms with Crippen LogP contribution < -0.4 is 4.74 Å². The number of nitrogens with zero attached hydrogens (tertiary/aromatic N) is 2. The smallest absolute Gasteiger partial charge is 0.265 e. The summed E-state index contributed by atoms with van der Waals surface area (Å²) in [5, 5.41) is 0.905. The van der Waals surface area contributed by atoms with Crippen LogP contribution in [0.4, 0.5) is 0 Å². The maximum atomic E-state index is 13.1. The van der Waals surface area contributed by atoms with E-state index in [2.05, 4.69) is 17.1 Å². The monoisotopic (exact) mass is 378 g/mol. The Morgan fingerprint density at radius 1 is 1.15 bits per heavy atom. The number of carbonyl (C=O) groups is 1. The Balaban J connectivity index is 1.50. The van der Waals surface area contributed by atoms with Crippen molar-refractivity contribution < 1.29 is 9.53 Å². The van der Waals surface area contributed by atoms with Gasteiger partial charge in [0.05, 0.1) is 12.8 Å². The van der Waals surface area contributed by atoms with E-state index in [-0.39, 0.29) is 5.91 Å². The van der Waals surface area contributed by atoms with Crippen LogP contribution in [-0.2, 0) is 0 Å². The summed E-state index contributed by atoms with van der Waals surface area (Å²) in [4.78, 5) is 20.4. The molecule has 1 unspecified atom stereocenters. The van der Waals surface area contributed by atoms with Crippen LogP contribution in [0.2, 0.25) is 0 Å². The van der Waals surface area contributed by atoms with Gasteiger partial charge in [0.1, 0.15) is 15.6 Å². The molecule has 138 valence electrons. The number of aryl methyl sites for hydroxylation is 1. The number of aromatic nitrogens is 1. The summed E-state index contributed by atoms with van der Waals surface area (Å²) in [6.07, 6.45) is 0.988. The minimum absolute atomic E-state index is 0.100. The average Bonchev–Trinajstić information content (AvgIpc) is 3.35. The minimum Gasteiger partial charge on any atom is -0.497 e. The normalized spacial score (nSPS) is 16.5. The Bertz CT molecular complexity index is 935. The second-order valence-corrected chi connectivity index (χ2v) is 7.81. The lowest BCUT2D eigenvalue weighted by Crippen LogP contribution is -2.28. The summed E-state index contributed by atoms with van der Waals surface area (Å²) in [7, 11) is 1.67. The first-order chi connectivity index (χ1) is 13.2. The van der Waals surface area contributed by atoms with E-state index in [0.29, 0.717) is 5.92 Å². The summed E-state index contributed by atoms with van der Waals surface area (Å²) < 4.78 is 5.23. The number of thiazole rings is 1. The summed E-state index contributed by atoms with van der Waals surface area (Å²) >= 11 is 1.49. The van der Waals surface area contributed by atoms with Crippen LogP contribution in [0.1, 0.15) is 33.3 Å². The maximum Gasteiger partial charge on any atom is 0.265 e. The van der Waals surface area contributed by atoms with E-state index in [0.717, 1.165) is 46.4 Å². The van der Waals surface area contributed by atoms with Crippen LogP contribution in [0.25, 0.3) is 10.6 Å². The largest absolute Gasteiger partial charge is 0.497 e. The van der Waals surface area contributed by atoms with E-state index in [9.17, 15) is 4.79 Å². The molecule has 1 fully saturated rings. The Labute approximate surface area is 163 Å². The van der Waals surface area contributed by atoms with Crippen molar-refractivity contribution in [2.45, 2.75) is 19.3 Å². The van der Waals surface area contributed by atoms with Crippen molar-refractivity contribution in [1.82, 2.24) is 9.88 Å². The van der Waals surface area contributed by atoms with E-state index in [1.54, 1.807) is 7.11 Å².